The number of nitrogens with two attached hydrogens (primary N) is 1. The van der Waals surface area contributed by atoms with Gasteiger partial charge in [0.1, 0.15) is 11.4 Å². The molecule has 1 saturated carbocycles. The van der Waals surface area contributed by atoms with Crippen molar-refractivity contribution in [2.45, 2.75) is 57.5 Å². The first-order valence-corrected chi connectivity index (χ1v) is 6.45. The minimum absolute atomic E-state index is 0.140. The minimum Gasteiger partial charge on any atom is -0.370 e. The Labute approximate surface area is 108 Å². The molecule has 0 amide bonds. The van der Waals surface area contributed by atoms with Crippen LogP contribution in [0, 0.1) is 0 Å². The molecular weight excluding hydrogens is 228 g/mol. The van der Waals surface area contributed by atoms with Gasteiger partial charge in [0.15, 0.2) is 5.82 Å². The van der Waals surface area contributed by atoms with Gasteiger partial charge >= 0.3 is 0 Å². The van der Waals surface area contributed by atoms with Crippen molar-refractivity contribution in [3.63, 3.8) is 0 Å². The molecule has 100 valence electrons. The first kappa shape index (κ1) is 13.2. The zero-order valence-electron chi connectivity index (χ0n) is 11.7. The Bertz CT molecular complexity index is 433. The molecule has 5 heteroatoms. The summed E-state index contributed by atoms with van der Waals surface area (Å²) in [5.41, 5.74) is 5.32. The molecular formula is C13H22N4O. The molecule has 5 nitrogen and oxygen atoms in total. The zero-order valence-corrected chi connectivity index (χ0v) is 11.7. The van der Waals surface area contributed by atoms with Gasteiger partial charge in [0.25, 0.3) is 0 Å². The van der Waals surface area contributed by atoms with Crippen molar-refractivity contribution in [1.29, 1.82) is 0 Å². The van der Waals surface area contributed by atoms with Gasteiger partial charge in [0, 0.05) is 12.5 Å². The smallest absolute Gasteiger partial charge is 0.223 e. The van der Waals surface area contributed by atoms with E-state index < -0.39 is 0 Å². The highest BCUT2D eigenvalue weighted by Gasteiger charge is 2.39. The monoisotopic (exact) mass is 250 g/mol. The molecule has 0 bridgehead atoms. The summed E-state index contributed by atoms with van der Waals surface area (Å²) in [6.07, 6.45) is 4.20. The van der Waals surface area contributed by atoms with E-state index in [1.165, 1.54) is 0 Å². The molecule has 2 rings (SSSR count). The molecule has 0 aliphatic heterocycles. The highest BCUT2D eigenvalue weighted by atomic mass is 16.5. The van der Waals surface area contributed by atoms with Crippen molar-refractivity contribution in [3.8, 4) is 0 Å². The molecule has 0 aromatic carbocycles. The van der Waals surface area contributed by atoms with Gasteiger partial charge < -0.3 is 10.5 Å². The second-order valence-corrected chi connectivity index (χ2v) is 6.00. The summed E-state index contributed by atoms with van der Waals surface area (Å²) in [5.74, 6) is 1.71. The van der Waals surface area contributed by atoms with Crippen LogP contribution in [-0.2, 0) is 15.8 Å². The van der Waals surface area contributed by atoms with Crippen LogP contribution in [0.3, 0.4) is 0 Å². The SMILES string of the molecule is COC1(c2nc(N)nc(C(C)(C)C)n2)CCCC1. The minimum atomic E-state index is -0.364. The van der Waals surface area contributed by atoms with Gasteiger partial charge in [-0.2, -0.15) is 9.97 Å². The number of rotatable bonds is 2. The molecule has 18 heavy (non-hydrogen) atoms. The summed E-state index contributed by atoms with van der Waals surface area (Å²) < 4.78 is 5.70. The lowest BCUT2D eigenvalue weighted by Gasteiger charge is -2.27. The van der Waals surface area contributed by atoms with E-state index in [1.54, 1.807) is 7.11 Å². The number of nitrogen functional groups attached to an aromatic ring is 1. The van der Waals surface area contributed by atoms with Crippen LogP contribution >= 0.6 is 0 Å². The van der Waals surface area contributed by atoms with Gasteiger partial charge in [0.05, 0.1) is 0 Å². The molecule has 1 fully saturated rings. The molecule has 1 aromatic heterocycles. The summed E-state index contributed by atoms with van der Waals surface area (Å²) >= 11 is 0. The first-order chi connectivity index (χ1) is 8.37. The van der Waals surface area contributed by atoms with Crippen LogP contribution in [0.25, 0.3) is 0 Å². The third-order valence-electron chi connectivity index (χ3n) is 3.53. The third-order valence-corrected chi connectivity index (χ3v) is 3.53. The summed E-state index contributed by atoms with van der Waals surface area (Å²) in [7, 11) is 1.72. The zero-order chi connectivity index (χ0) is 13.4. The Kier molecular flexibility index (Phi) is 3.27. The number of hydrogen-bond acceptors (Lipinski definition) is 5. The number of ether oxygens (including phenoxy) is 1. The largest absolute Gasteiger partial charge is 0.370 e. The fourth-order valence-electron chi connectivity index (χ4n) is 2.40. The Morgan fingerprint density at radius 3 is 2.22 bits per heavy atom. The number of aromatic nitrogens is 3. The van der Waals surface area contributed by atoms with Gasteiger partial charge in [-0.25, -0.2) is 4.98 Å². The van der Waals surface area contributed by atoms with Crippen molar-refractivity contribution < 1.29 is 4.74 Å². The highest BCUT2D eigenvalue weighted by molar-refractivity contribution is 5.22. The van der Waals surface area contributed by atoms with Crippen molar-refractivity contribution in [3.05, 3.63) is 11.6 Å². The van der Waals surface area contributed by atoms with E-state index in [9.17, 15) is 0 Å². The van der Waals surface area contributed by atoms with Crippen LogP contribution in [0.2, 0.25) is 0 Å². The molecule has 1 aliphatic carbocycles. The molecule has 1 heterocycles. The van der Waals surface area contributed by atoms with Gasteiger partial charge in [-0.3, -0.25) is 0 Å². The number of anilines is 1. The predicted molar refractivity (Wildman–Crippen MR) is 70.1 cm³/mol. The second-order valence-electron chi connectivity index (χ2n) is 6.00. The van der Waals surface area contributed by atoms with E-state index in [0.29, 0.717) is 5.82 Å². The van der Waals surface area contributed by atoms with Crippen molar-refractivity contribution in [2.75, 3.05) is 12.8 Å². The topological polar surface area (TPSA) is 73.9 Å². The standard InChI is InChI=1S/C13H22N4O/c1-12(2,3)9-15-10(17-11(14)16-9)13(18-4)7-5-6-8-13/h5-8H2,1-4H3,(H2,14,15,16,17). The molecule has 0 unspecified atom stereocenters. The highest BCUT2D eigenvalue weighted by Crippen LogP contribution is 2.40. The summed E-state index contributed by atoms with van der Waals surface area (Å²) in [4.78, 5) is 13.1. The van der Waals surface area contributed by atoms with E-state index in [2.05, 4.69) is 35.7 Å². The van der Waals surface area contributed by atoms with Crippen LogP contribution in [0.15, 0.2) is 0 Å². The molecule has 1 aliphatic rings. The quantitative estimate of drug-likeness (QED) is 0.870. The fraction of sp³-hybridized carbons (Fsp3) is 0.769. The van der Waals surface area contributed by atoms with Crippen LogP contribution < -0.4 is 5.73 Å². The Balaban J connectivity index is 2.48. The van der Waals surface area contributed by atoms with E-state index in [1.807, 2.05) is 0 Å². The van der Waals surface area contributed by atoms with Crippen LogP contribution in [0.5, 0.6) is 0 Å². The number of hydrogen-bond donors (Lipinski definition) is 1. The van der Waals surface area contributed by atoms with E-state index >= 15 is 0 Å². The number of methoxy groups -OCH3 is 1. The van der Waals surface area contributed by atoms with Gasteiger partial charge in [-0.1, -0.05) is 20.8 Å². The maximum atomic E-state index is 5.82. The lowest BCUT2D eigenvalue weighted by Crippen LogP contribution is -2.30. The van der Waals surface area contributed by atoms with Gasteiger partial charge in [0.2, 0.25) is 5.95 Å². The third kappa shape index (κ3) is 2.32. The Morgan fingerprint density at radius 1 is 1.11 bits per heavy atom. The van der Waals surface area contributed by atoms with E-state index in [0.717, 1.165) is 31.5 Å². The molecule has 0 spiro atoms. The number of nitrogens with zero attached hydrogens (tertiary/aromatic N) is 3. The van der Waals surface area contributed by atoms with Crippen LogP contribution in [-0.4, -0.2) is 22.1 Å². The molecule has 0 saturated heterocycles. The lowest BCUT2D eigenvalue weighted by atomic mass is 9.95. The normalized spacial score (nSPS) is 19.1. The molecule has 2 N–H and O–H groups in total. The van der Waals surface area contributed by atoms with Crippen molar-refractivity contribution in [2.24, 2.45) is 0 Å². The van der Waals surface area contributed by atoms with Gasteiger partial charge in [-0.05, 0) is 25.7 Å². The molecule has 0 radical (unpaired) electrons. The Hall–Kier alpha value is -1.23. The van der Waals surface area contributed by atoms with Gasteiger partial charge in [-0.15, -0.1) is 0 Å². The lowest BCUT2D eigenvalue weighted by molar-refractivity contribution is -0.0166. The maximum Gasteiger partial charge on any atom is 0.223 e. The summed E-state index contributed by atoms with van der Waals surface area (Å²) in [6, 6.07) is 0. The average Bonchev–Trinajstić information content (AvgIpc) is 2.76. The molecule has 1 aromatic rings. The fourth-order valence-corrected chi connectivity index (χ4v) is 2.40. The van der Waals surface area contributed by atoms with Crippen molar-refractivity contribution in [1.82, 2.24) is 15.0 Å². The first-order valence-electron chi connectivity index (χ1n) is 6.45. The molecule has 0 atom stereocenters. The Morgan fingerprint density at radius 2 is 1.72 bits per heavy atom. The predicted octanol–water partition coefficient (Wildman–Crippen LogP) is 2.17. The summed E-state index contributed by atoms with van der Waals surface area (Å²) in [6.45, 7) is 6.21. The van der Waals surface area contributed by atoms with E-state index in [-0.39, 0.29) is 17.0 Å². The van der Waals surface area contributed by atoms with Crippen molar-refractivity contribution >= 4 is 5.95 Å². The van der Waals surface area contributed by atoms with E-state index in [4.69, 9.17) is 10.5 Å². The van der Waals surface area contributed by atoms with Crippen LogP contribution in [0.4, 0.5) is 5.95 Å². The second kappa shape index (κ2) is 4.46. The maximum absolute atomic E-state index is 5.82. The van der Waals surface area contributed by atoms with Crippen LogP contribution in [0.1, 0.15) is 58.1 Å². The summed E-state index contributed by atoms with van der Waals surface area (Å²) in [5, 5.41) is 0. The average molecular weight is 250 g/mol.